The van der Waals surface area contributed by atoms with Gasteiger partial charge >= 0.3 is 0 Å². The zero-order chi connectivity index (χ0) is 28.9. The molecule has 40 heavy (non-hydrogen) atoms. The van der Waals surface area contributed by atoms with E-state index in [1.54, 1.807) is 42.5 Å². The lowest BCUT2D eigenvalue weighted by Gasteiger charge is -2.14. The minimum atomic E-state index is -3.37. The van der Waals surface area contributed by atoms with Crippen LogP contribution in [0.1, 0.15) is 18.4 Å². The quantitative estimate of drug-likeness (QED) is 0.279. The highest BCUT2D eigenvalue weighted by atomic mass is 79.9. The van der Waals surface area contributed by atoms with Crippen molar-refractivity contribution >= 4 is 54.5 Å². The first-order valence-electron chi connectivity index (χ1n) is 12.5. The molecule has 0 spiro atoms. The fourth-order valence-corrected chi connectivity index (χ4v) is 5.91. The maximum atomic E-state index is 14.5. The normalized spacial score (nSPS) is 13.7. The lowest BCUT2D eigenvalue weighted by molar-refractivity contribution is 0.344. The van der Waals surface area contributed by atoms with E-state index in [2.05, 4.69) is 40.7 Å². The van der Waals surface area contributed by atoms with Crippen LogP contribution >= 0.6 is 27.5 Å². The van der Waals surface area contributed by atoms with Crippen LogP contribution in [-0.2, 0) is 10.0 Å². The number of nitrogens with two attached hydrogens (primary N) is 1. The van der Waals surface area contributed by atoms with Crippen LogP contribution in [0.3, 0.4) is 0 Å². The number of hydrogen-bond acceptors (Lipinski definition) is 8. The molecule has 0 aliphatic carbocycles. The number of nitrogens with one attached hydrogen (secondary N) is 1. The number of rotatable bonds is 7. The van der Waals surface area contributed by atoms with Crippen molar-refractivity contribution in [2.75, 3.05) is 39.0 Å². The molecule has 1 fully saturated rings. The molecule has 13 heteroatoms. The molecule has 0 radical (unpaired) electrons. The summed E-state index contributed by atoms with van der Waals surface area (Å²) in [4.78, 5) is 6.74. The number of aromatic nitrogens is 3. The largest absolute Gasteiger partial charge is 0.494 e. The molecular formula is C27H29BrClFN6O3S. The van der Waals surface area contributed by atoms with E-state index in [-0.39, 0.29) is 22.3 Å². The van der Waals surface area contributed by atoms with Gasteiger partial charge in [0.1, 0.15) is 5.52 Å². The molecule has 5 rings (SSSR count). The lowest BCUT2D eigenvalue weighted by Crippen LogP contribution is -2.33. The molecule has 1 aliphatic rings. The second kappa shape index (κ2) is 13.2. The van der Waals surface area contributed by atoms with Crippen LogP contribution in [0, 0.1) is 12.7 Å². The van der Waals surface area contributed by atoms with Crippen LogP contribution in [0.15, 0.2) is 57.9 Å². The van der Waals surface area contributed by atoms with Gasteiger partial charge in [0.05, 0.1) is 22.5 Å². The van der Waals surface area contributed by atoms with E-state index in [4.69, 9.17) is 22.1 Å². The van der Waals surface area contributed by atoms with Crippen LogP contribution in [-0.4, -0.2) is 61.8 Å². The number of nitrogens with zero attached hydrogens (tertiary/aromatic N) is 4. The Morgan fingerprint density at radius 3 is 2.50 bits per heavy atom. The van der Waals surface area contributed by atoms with Gasteiger partial charge in [-0.25, -0.2) is 22.5 Å². The Hall–Kier alpha value is -2.90. The summed E-state index contributed by atoms with van der Waals surface area (Å²) in [6.45, 7) is 5.26. The zero-order valence-corrected chi connectivity index (χ0v) is 25.2. The Kier molecular flexibility index (Phi) is 9.90. The van der Waals surface area contributed by atoms with Crippen molar-refractivity contribution in [1.29, 1.82) is 0 Å². The Balaban J connectivity index is 0.000000189. The summed E-state index contributed by atoms with van der Waals surface area (Å²) in [6.07, 6.45) is 2.44. The van der Waals surface area contributed by atoms with Gasteiger partial charge in [-0.05, 0) is 92.5 Å². The predicted octanol–water partition coefficient (Wildman–Crippen LogP) is 5.21. The summed E-state index contributed by atoms with van der Waals surface area (Å²) < 4.78 is 47.0. The minimum absolute atomic E-state index is 0.0916. The second-order valence-corrected chi connectivity index (χ2v) is 12.3. The fraction of sp³-hybridized carbons (Fsp3) is 0.296. The van der Waals surface area contributed by atoms with Crippen molar-refractivity contribution in [1.82, 2.24) is 24.8 Å². The maximum absolute atomic E-state index is 14.5. The average molecular weight is 652 g/mol. The van der Waals surface area contributed by atoms with Crippen molar-refractivity contribution in [3.05, 3.63) is 69.4 Å². The van der Waals surface area contributed by atoms with Crippen LogP contribution in [0.5, 0.6) is 5.75 Å². The van der Waals surface area contributed by atoms with Gasteiger partial charge in [-0.1, -0.05) is 27.5 Å². The van der Waals surface area contributed by atoms with E-state index in [1.165, 1.54) is 26.0 Å². The number of ether oxygens (including phenoxy) is 1. The topological polar surface area (TPSA) is 123 Å². The molecule has 0 saturated carbocycles. The number of aryl methyl sites for hydroxylation is 1. The molecular weight excluding hydrogens is 623 g/mol. The number of sulfonamides is 1. The number of hydrogen-bond donors (Lipinski definition) is 2. The van der Waals surface area contributed by atoms with E-state index in [0.717, 1.165) is 29.7 Å². The summed E-state index contributed by atoms with van der Waals surface area (Å²) in [6, 6.07) is 13.2. The van der Waals surface area contributed by atoms with Gasteiger partial charge < -0.3 is 15.4 Å². The summed E-state index contributed by atoms with van der Waals surface area (Å²) in [5, 5.41) is 8.01. The molecule has 4 aromatic rings. The van der Waals surface area contributed by atoms with E-state index in [0.29, 0.717) is 28.0 Å². The van der Waals surface area contributed by atoms with Crippen molar-refractivity contribution < 1.29 is 17.5 Å². The van der Waals surface area contributed by atoms with Gasteiger partial charge in [-0.15, -0.1) is 10.2 Å². The van der Waals surface area contributed by atoms with Gasteiger partial charge in [0, 0.05) is 23.1 Å². The van der Waals surface area contributed by atoms with Gasteiger partial charge in [0.2, 0.25) is 16.0 Å². The monoisotopic (exact) mass is 650 g/mol. The summed E-state index contributed by atoms with van der Waals surface area (Å²) in [5.41, 5.74) is 8.31. The van der Waals surface area contributed by atoms with Gasteiger partial charge in [0.15, 0.2) is 11.6 Å². The molecule has 9 nitrogen and oxygen atoms in total. The lowest BCUT2D eigenvalue weighted by atomic mass is 10.0. The number of benzene rings is 3. The third-order valence-corrected chi connectivity index (χ3v) is 8.69. The highest BCUT2D eigenvalue weighted by Gasteiger charge is 2.18. The van der Waals surface area contributed by atoms with E-state index in [1.807, 2.05) is 6.92 Å². The van der Waals surface area contributed by atoms with E-state index >= 15 is 0 Å². The first-order valence-corrected chi connectivity index (χ1v) is 15.1. The SMILES string of the molecule is COc1ccc(Cl)c(-c2cc(C)c3nc(N)nnc3c2)c1F.O=S(=O)(NCCN1CCCC1)c1ccc(Br)cc1. The number of anilines is 1. The van der Waals surface area contributed by atoms with Crippen LogP contribution < -0.4 is 15.2 Å². The molecule has 1 aliphatic heterocycles. The Morgan fingerprint density at radius 2 is 1.82 bits per heavy atom. The number of halogens is 3. The average Bonchev–Trinajstić information content (AvgIpc) is 3.43. The summed E-state index contributed by atoms with van der Waals surface area (Å²) in [5.74, 6) is -0.308. The van der Waals surface area contributed by atoms with Gasteiger partial charge in [-0.3, -0.25) is 0 Å². The third-order valence-electron chi connectivity index (χ3n) is 6.37. The smallest absolute Gasteiger partial charge is 0.240 e. The number of nitrogen functional groups attached to an aromatic ring is 1. The van der Waals surface area contributed by atoms with Gasteiger partial charge in [0.25, 0.3) is 0 Å². The Morgan fingerprint density at radius 1 is 1.12 bits per heavy atom. The summed E-state index contributed by atoms with van der Waals surface area (Å²) in [7, 11) is -1.96. The minimum Gasteiger partial charge on any atom is -0.494 e. The number of likely N-dealkylation sites (tertiary alicyclic amines) is 1. The standard InChI is InChI=1S/C15H12ClFN4O.C12H17BrN2O2S/c1-7-5-8(6-10-14(7)19-15(18)21-20-10)12-9(16)3-4-11(22-2)13(12)17;13-11-3-5-12(6-4-11)18(16,17)14-7-10-15-8-1-2-9-15/h3-6H,1-2H3,(H2,18,19,21);3-6,14H,1-2,7-10H2. The maximum Gasteiger partial charge on any atom is 0.240 e. The van der Waals surface area contributed by atoms with Crippen LogP contribution in [0.25, 0.3) is 22.2 Å². The molecule has 0 bridgehead atoms. The molecule has 3 N–H and O–H groups in total. The van der Waals surface area contributed by atoms with Crippen molar-refractivity contribution in [3.63, 3.8) is 0 Å². The third kappa shape index (κ3) is 7.24. The van der Waals surface area contributed by atoms with Crippen molar-refractivity contribution in [2.24, 2.45) is 0 Å². The summed E-state index contributed by atoms with van der Waals surface area (Å²) >= 11 is 9.44. The number of methoxy groups -OCH3 is 1. The Labute approximate surface area is 246 Å². The molecule has 0 amide bonds. The predicted molar refractivity (Wildman–Crippen MR) is 158 cm³/mol. The van der Waals surface area contributed by atoms with E-state index in [9.17, 15) is 12.8 Å². The van der Waals surface area contributed by atoms with E-state index < -0.39 is 15.8 Å². The molecule has 3 aromatic carbocycles. The Bertz CT molecular complexity index is 1600. The molecule has 0 unspecified atom stereocenters. The first-order chi connectivity index (χ1) is 19.1. The zero-order valence-electron chi connectivity index (χ0n) is 22.0. The highest BCUT2D eigenvalue weighted by molar-refractivity contribution is 9.10. The molecule has 0 atom stereocenters. The first kappa shape index (κ1) is 30.1. The van der Waals surface area contributed by atoms with Gasteiger partial charge in [-0.2, -0.15) is 0 Å². The van der Waals surface area contributed by atoms with Crippen LogP contribution in [0.2, 0.25) is 5.02 Å². The van der Waals surface area contributed by atoms with Crippen molar-refractivity contribution in [3.8, 4) is 16.9 Å². The molecule has 1 aromatic heterocycles. The molecule has 212 valence electrons. The highest BCUT2D eigenvalue weighted by Crippen LogP contribution is 2.37. The van der Waals surface area contributed by atoms with Crippen molar-refractivity contribution in [2.45, 2.75) is 24.7 Å². The number of fused-ring (bicyclic) bond motifs is 1. The second-order valence-electron chi connectivity index (χ2n) is 9.17. The fourth-order valence-electron chi connectivity index (χ4n) is 4.37. The van der Waals surface area contributed by atoms with Crippen LogP contribution in [0.4, 0.5) is 10.3 Å². The molecule has 1 saturated heterocycles. The molecule has 2 heterocycles.